The highest BCUT2D eigenvalue weighted by molar-refractivity contribution is 5.91. The minimum Gasteiger partial charge on any atom is -0.206 e. The summed E-state index contributed by atoms with van der Waals surface area (Å²) in [5.74, 6) is -0.0920. The van der Waals surface area contributed by atoms with Crippen molar-refractivity contribution in [3.8, 4) is 0 Å². The molecule has 1 aromatic rings. The van der Waals surface area contributed by atoms with Crippen LogP contribution in [0.3, 0.4) is 0 Å². The highest BCUT2D eigenvalue weighted by Gasteiger charge is 2.13. The topological polar surface area (TPSA) is 0 Å². The first-order valence-electron chi connectivity index (χ1n) is 2.84. The Kier molecular flexibility index (Phi) is 0.758. The number of fused-ring (bicyclic) bond motifs is 1. The van der Waals surface area contributed by atoms with Gasteiger partial charge in [0.15, 0.2) is 0 Å². The quantitative estimate of drug-likeness (QED) is 0.493. The normalized spacial score (nSPS) is 13.7. The lowest BCUT2D eigenvalue weighted by molar-refractivity contribution is 0.758. The highest BCUT2D eigenvalue weighted by atomic mass is 19.1. The van der Waals surface area contributed by atoms with E-state index in [1.165, 1.54) is 6.08 Å². The first-order valence-corrected chi connectivity index (χ1v) is 2.84. The van der Waals surface area contributed by atoms with Crippen molar-refractivity contribution in [2.45, 2.75) is 0 Å². The van der Waals surface area contributed by atoms with Gasteiger partial charge in [-0.1, -0.05) is 24.3 Å². The molecular formula is C8H5F. The van der Waals surface area contributed by atoms with Crippen molar-refractivity contribution in [2.24, 2.45) is 0 Å². The summed E-state index contributed by atoms with van der Waals surface area (Å²) in [6, 6.07) is 7.43. The second-order valence-electron chi connectivity index (χ2n) is 2.08. The molecule has 1 aliphatic rings. The molecule has 0 radical (unpaired) electrons. The summed E-state index contributed by atoms with van der Waals surface area (Å²) in [5, 5.41) is 0. The summed E-state index contributed by atoms with van der Waals surface area (Å²) in [4.78, 5) is 0. The van der Waals surface area contributed by atoms with Crippen molar-refractivity contribution in [1.82, 2.24) is 0 Å². The molecule has 0 aliphatic heterocycles. The lowest BCUT2D eigenvalue weighted by Crippen LogP contribution is -1.92. The van der Waals surface area contributed by atoms with Gasteiger partial charge in [0.25, 0.3) is 0 Å². The monoisotopic (exact) mass is 120 g/mol. The lowest BCUT2D eigenvalue weighted by atomic mass is 9.97. The third-order valence-electron chi connectivity index (χ3n) is 1.50. The van der Waals surface area contributed by atoms with Crippen LogP contribution in [0.2, 0.25) is 0 Å². The van der Waals surface area contributed by atoms with Gasteiger partial charge < -0.3 is 0 Å². The van der Waals surface area contributed by atoms with E-state index in [-0.39, 0.29) is 5.83 Å². The molecule has 0 atom stereocenters. The zero-order chi connectivity index (χ0) is 6.27. The van der Waals surface area contributed by atoms with Gasteiger partial charge in [0.1, 0.15) is 5.83 Å². The molecule has 1 heteroatoms. The van der Waals surface area contributed by atoms with E-state index in [0.717, 1.165) is 11.1 Å². The molecule has 44 valence electrons. The van der Waals surface area contributed by atoms with Gasteiger partial charge in [-0.25, -0.2) is 4.39 Å². The van der Waals surface area contributed by atoms with Crippen molar-refractivity contribution >= 4 is 11.9 Å². The summed E-state index contributed by atoms with van der Waals surface area (Å²) >= 11 is 0. The van der Waals surface area contributed by atoms with Gasteiger partial charge in [-0.05, 0) is 11.6 Å². The predicted molar refractivity (Wildman–Crippen MR) is 35.4 cm³/mol. The molecule has 0 spiro atoms. The molecular weight excluding hydrogens is 115 g/mol. The van der Waals surface area contributed by atoms with Crippen LogP contribution in [0.25, 0.3) is 11.9 Å². The molecule has 9 heavy (non-hydrogen) atoms. The minimum absolute atomic E-state index is 0.0920. The first kappa shape index (κ1) is 4.74. The highest BCUT2D eigenvalue weighted by Crippen LogP contribution is 2.32. The fourth-order valence-corrected chi connectivity index (χ4v) is 0.977. The van der Waals surface area contributed by atoms with Crippen LogP contribution < -0.4 is 0 Å². The van der Waals surface area contributed by atoms with Crippen LogP contribution in [-0.4, -0.2) is 0 Å². The van der Waals surface area contributed by atoms with Gasteiger partial charge in [-0.15, -0.1) is 0 Å². The summed E-state index contributed by atoms with van der Waals surface area (Å²) in [7, 11) is 0. The fourth-order valence-electron chi connectivity index (χ4n) is 0.977. The number of hydrogen-bond acceptors (Lipinski definition) is 0. The molecule has 1 aliphatic carbocycles. The molecule has 2 rings (SSSR count). The van der Waals surface area contributed by atoms with E-state index in [0.29, 0.717) is 0 Å². The maximum atomic E-state index is 12.4. The third kappa shape index (κ3) is 0.515. The molecule has 1 aromatic carbocycles. The van der Waals surface area contributed by atoms with Crippen molar-refractivity contribution in [3.05, 3.63) is 35.4 Å². The van der Waals surface area contributed by atoms with E-state index < -0.39 is 0 Å². The second kappa shape index (κ2) is 1.44. The van der Waals surface area contributed by atoms with Crippen LogP contribution in [0.15, 0.2) is 24.3 Å². The molecule has 0 amide bonds. The fraction of sp³-hybridized carbons (Fsp3) is 0. The molecule has 0 nitrogen and oxygen atoms in total. The van der Waals surface area contributed by atoms with E-state index in [1.54, 1.807) is 6.07 Å². The van der Waals surface area contributed by atoms with Crippen LogP contribution in [0.1, 0.15) is 11.1 Å². The smallest absolute Gasteiger partial charge is 0.131 e. The second-order valence-corrected chi connectivity index (χ2v) is 2.08. The maximum absolute atomic E-state index is 12.4. The van der Waals surface area contributed by atoms with E-state index in [9.17, 15) is 4.39 Å². The Hall–Kier alpha value is -1.11. The number of hydrogen-bond donors (Lipinski definition) is 0. The van der Waals surface area contributed by atoms with Gasteiger partial charge >= 0.3 is 0 Å². The Morgan fingerprint density at radius 2 is 1.89 bits per heavy atom. The van der Waals surface area contributed by atoms with E-state index in [1.807, 2.05) is 18.2 Å². The molecule has 0 N–H and O–H groups in total. The molecule has 0 heterocycles. The number of benzene rings is 1. The Morgan fingerprint density at radius 1 is 1.11 bits per heavy atom. The third-order valence-corrected chi connectivity index (χ3v) is 1.50. The number of halogens is 1. The Balaban J connectivity index is 2.61. The van der Waals surface area contributed by atoms with E-state index in [4.69, 9.17) is 0 Å². The molecule has 0 saturated carbocycles. The van der Waals surface area contributed by atoms with Gasteiger partial charge in [-0.2, -0.15) is 0 Å². The molecule has 0 fully saturated rings. The average Bonchev–Trinajstić information content (AvgIpc) is 1.86. The molecule has 0 aromatic heterocycles. The Labute approximate surface area is 52.6 Å². The molecule has 0 unspecified atom stereocenters. The van der Waals surface area contributed by atoms with Crippen molar-refractivity contribution in [2.75, 3.05) is 0 Å². The van der Waals surface area contributed by atoms with Crippen LogP contribution >= 0.6 is 0 Å². The van der Waals surface area contributed by atoms with E-state index >= 15 is 0 Å². The summed E-state index contributed by atoms with van der Waals surface area (Å²) in [6.45, 7) is 0. The zero-order valence-corrected chi connectivity index (χ0v) is 4.76. The number of rotatable bonds is 0. The standard InChI is InChI=1S/C8H5F/c9-8-5-6-3-1-2-4-7(6)8/h1-5H. The molecule has 0 saturated heterocycles. The van der Waals surface area contributed by atoms with Crippen molar-refractivity contribution in [3.63, 3.8) is 0 Å². The zero-order valence-electron chi connectivity index (χ0n) is 4.76. The first-order chi connectivity index (χ1) is 4.38. The van der Waals surface area contributed by atoms with Gasteiger partial charge in [0.2, 0.25) is 0 Å². The SMILES string of the molecule is FC1=Cc2ccccc21. The van der Waals surface area contributed by atoms with Crippen LogP contribution in [-0.2, 0) is 0 Å². The van der Waals surface area contributed by atoms with Crippen molar-refractivity contribution < 1.29 is 4.39 Å². The summed E-state index contributed by atoms with van der Waals surface area (Å²) in [5.41, 5.74) is 1.76. The van der Waals surface area contributed by atoms with Gasteiger partial charge in [0, 0.05) is 5.56 Å². The average molecular weight is 120 g/mol. The summed E-state index contributed by atoms with van der Waals surface area (Å²) in [6.07, 6.45) is 1.54. The predicted octanol–water partition coefficient (Wildman–Crippen LogP) is 2.47. The summed E-state index contributed by atoms with van der Waals surface area (Å²) < 4.78 is 12.4. The molecule has 0 bridgehead atoms. The largest absolute Gasteiger partial charge is 0.206 e. The maximum Gasteiger partial charge on any atom is 0.131 e. The lowest BCUT2D eigenvalue weighted by Gasteiger charge is -2.10. The minimum atomic E-state index is -0.0920. The van der Waals surface area contributed by atoms with Gasteiger partial charge in [0.05, 0.1) is 0 Å². The van der Waals surface area contributed by atoms with Gasteiger partial charge in [-0.3, -0.25) is 0 Å². The van der Waals surface area contributed by atoms with Crippen LogP contribution in [0.4, 0.5) is 4.39 Å². The van der Waals surface area contributed by atoms with Crippen LogP contribution in [0, 0.1) is 0 Å². The van der Waals surface area contributed by atoms with Crippen LogP contribution in [0.5, 0.6) is 0 Å². The van der Waals surface area contributed by atoms with E-state index in [2.05, 4.69) is 0 Å². The van der Waals surface area contributed by atoms with Crippen molar-refractivity contribution in [1.29, 1.82) is 0 Å². The Bertz CT molecular complexity index is 274. The Morgan fingerprint density at radius 3 is 2.44 bits per heavy atom.